The summed E-state index contributed by atoms with van der Waals surface area (Å²) in [6.45, 7) is 6.83. The molecule has 2 fully saturated rings. The maximum absolute atomic E-state index is 12.6. The van der Waals surface area contributed by atoms with Crippen molar-refractivity contribution in [2.24, 2.45) is 0 Å². The van der Waals surface area contributed by atoms with Gasteiger partial charge in [-0.3, -0.25) is 4.79 Å². The SMILES string of the molecule is O=C(c1cc2ccc(OCCCN3CCCCC3)cc2[nH]1)N1CCOCC1. The monoisotopic (exact) mass is 371 g/mol. The molecular formula is C21H29N3O3. The molecule has 2 saturated heterocycles. The summed E-state index contributed by atoms with van der Waals surface area (Å²) >= 11 is 0. The lowest BCUT2D eigenvalue weighted by atomic mass is 10.1. The summed E-state index contributed by atoms with van der Waals surface area (Å²) in [6, 6.07) is 7.92. The minimum absolute atomic E-state index is 0.0403. The smallest absolute Gasteiger partial charge is 0.270 e. The van der Waals surface area contributed by atoms with Gasteiger partial charge in [-0.25, -0.2) is 0 Å². The summed E-state index contributed by atoms with van der Waals surface area (Å²) in [7, 11) is 0. The zero-order valence-corrected chi connectivity index (χ0v) is 15.9. The van der Waals surface area contributed by atoms with Crippen LogP contribution < -0.4 is 4.74 Å². The molecule has 146 valence electrons. The third-order valence-electron chi connectivity index (χ3n) is 5.46. The van der Waals surface area contributed by atoms with Gasteiger partial charge < -0.3 is 24.3 Å². The number of H-pyrrole nitrogens is 1. The van der Waals surface area contributed by atoms with Crippen LogP contribution in [0.3, 0.4) is 0 Å². The van der Waals surface area contributed by atoms with Crippen molar-refractivity contribution in [1.29, 1.82) is 0 Å². The molecule has 0 aliphatic carbocycles. The summed E-state index contributed by atoms with van der Waals surface area (Å²) in [5.74, 6) is 0.895. The molecular weight excluding hydrogens is 342 g/mol. The van der Waals surface area contributed by atoms with Gasteiger partial charge in [-0.2, -0.15) is 0 Å². The Hall–Kier alpha value is -2.05. The largest absolute Gasteiger partial charge is 0.493 e. The van der Waals surface area contributed by atoms with Crippen LogP contribution in [0.5, 0.6) is 5.75 Å². The number of likely N-dealkylation sites (tertiary alicyclic amines) is 1. The number of fused-ring (bicyclic) bond motifs is 1. The van der Waals surface area contributed by atoms with E-state index >= 15 is 0 Å². The lowest BCUT2D eigenvalue weighted by molar-refractivity contribution is 0.0299. The molecule has 0 atom stereocenters. The number of morpholine rings is 1. The maximum Gasteiger partial charge on any atom is 0.270 e. The lowest BCUT2D eigenvalue weighted by Gasteiger charge is -2.26. The van der Waals surface area contributed by atoms with E-state index in [4.69, 9.17) is 9.47 Å². The Kier molecular flexibility index (Phi) is 5.94. The number of rotatable bonds is 6. The molecule has 6 heteroatoms. The van der Waals surface area contributed by atoms with Crippen molar-refractivity contribution in [2.75, 3.05) is 52.5 Å². The zero-order chi connectivity index (χ0) is 18.5. The highest BCUT2D eigenvalue weighted by Crippen LogP contribution is 2.22. The van der Waals surface area contributed by atoms with Crippen molar-refractivity contribution < 1.29 is 14.3 Å². The molecule has 0 unspecified atom stereocenters. The Labute approximate surface area is 160 Å². The number of carbonyl (C=O) groups is 1. The number of aromatic nitrogens is 1. The number of nitrogens with zero attached hydrogens (tertiary/aromatic N) is 2. The van der Waals surface area contributed by atoms with Gasteiger partial charge in [0.15, 0.2) is 0 Å². The van der Waals surface area contributed by atoms with Crippen LogP contribution in [0.2, 0.25) is 0 Å². The predicted octanol–water partition coefficient (Wildman–Crippen LogP) is 2.90. The first-order valence-electron chi connectivity index (χ1n) is 10.1. The van der Waals surface area contributed by atoms with Gasteiger partial charge in [0.25, 0.3) is 5.91 Å². The van der Waals surface area contributed by atoms with Crippen LogP contribution in [0.25, 0.3) is 10.9 Å². The molecule has 0 spiro atoms. The molecule has 4 rings (SSSR count). The Balaban J connectivity index is 1.32. The summed E-state index contributed by atoms with van der Waals surface area (Å²) < 4.78 is 11.3. The Morgan fingerprint density at radius 3 is 2.70 bits per heavy atom. The van der Waals surface area contributed by atoms with Crippen LogP contribution in [0.4, 0.5) is 0 Å². The number of hydrogen-bond acceptors (Lipinski definition) is 4. The molecule has 1 aromatic carbocycles. The number of ether oxygens (including phenoxy) is 2. The van der Waals surface area contributed by atoms with E-state index < -0.39 is 0 Å². The molecule has 2 aliphatic heterocycles. The minimum Gasteiger partial charge on any atom is -0.493 e. The number of hydrogen-bond donors (Lipinski definition) is 1. The third kappa shape index (κ3) is 4.62. The Bertz CT molecular complexity index is 761. The predicted molar refractivity (Wildman–Crippen MR) is 105 cm³/mol. The fourth-order valence-electron chi connectivity index (χ4n) is 3.91. The van der Waals surface area contributed by atoms with Crippen molar-refractivity contribution in [3.63, 3.8) is 0 Å². The summed E-state index contributed by atoms with van der Waals surface area (Å²) in [5, 5.41) is 1.03. The highest BCUT2D eigenvalue weighted by Gasteiger charge is 2.20. The van der Waals surface area contributed by atoms with E-state index in [1.807, 2.05) is 29.2 Å². The maximum atomic E-state index is 12.6. The molecule has 3 heterocycles. The molecule has 0 bridgehead atoms. The highest BCUT2D eigenvalue weighted by atomic mass is 16.5. The van der Waals surface area contributed by atoms with Gasteiger partial charge in [0.05, 0.1) is 19.8 Å². The minimum atomic E-state index is 0.0403. The van der Waals surface area contributed by atoms with E-state index in [0.717, 1.165) is 36.2 Å². The van der Waals surface area contributed by atoms with E-state index in [1.165, 1.54) is 32.4 Å². The van der Waals surface area contributed by atoms with Crippen molar-refractivity contribution in [3.8, 4) is 5.75 Å². The average molecular weight is 371 g/mol. The highest BCUT2D eigenvalue weighted by molar-refractivity contribution is 5.98. The van der Waals surface area contributed by atoms with E-state index in [2.05, 4.69) is 9.88 Å². The second-order valence-electron chi connectivity index (χ2n) is 7.44. The molecule has 2 aromatic rings. The van der Waals surface area contributed by atoms with Crippen LogP contribution in [0, 0.1) is 0 Å². The molecule has 2 aliphatic rings. The van der Waals surface area contributed by atoms with Crippen LogP contribution in [0.15, 0.2) is 24.3 Å². The number of nitrogens with one attached hydrogen (secondary N) is 1. The fraction of sp³-hybridized carbons (Fsp3) is 0.571. The van der Waals surface area contributed by atoms with E-state index in [0.29, 0.717) is 32.0 Å². The molecule has 1 aromatic heterocycles. The first-order valence-corrected chi connectivity index (χ1v) is 10.1. The molecule has 0 radical (unpaired) electrons. The number of benzene rings is 1. The van der Waals surface area contributed by atoms with Crippen LogP contribution in [-0.4, -0.2) is 73.2 Å². The molecule has 6 nitrogen and oxygen atoms in total. The lowest BCUT2D eigenvalue weighted by Crippen LogP contribution is -2.40. The van der Waals surface area contributed by atoms with Crippen molar-refractivity contribution >= 4 is 16.8 Å². The second kappa shape index (κ2) is 8.76. The van der Waals surface area contributed by atoms with Gasteiger partial charge in [0.1, 0.15) is 11.4 Å². The van der Waals surface area contributed by atoms with Gasteiger partial charge in [-0.1, -0.05) is 6.42 Å². The van der Waals surface area contributed by atoms with Crippen LogP contribution in [-0.2, 0) is 4.74 Å². The van der Waals surface area contributed by atoms with Crippen LogP contribution >= 0.6 is 0 Å². The Morgan fingerprint density at radius 2 is 1.89 bits per heavy atom. The second-order valence-corrected chi connectivity index (χ2v) is 7.44. The average Bonchev–Trinajstić information content (AvgIpc) is 3.15. The van der Waals surface area contributed by atoms with Gasteiger partial charge in [-0.05, 0) is 50.6 Å². The van der Waals surface area contributed by atoms with Gasteiger partial charge in [0.2, 0.25) is 0 Å². The van der Waals surface area contributed by atoms with E-state index in [1.54, 1.807) is 0 Å². The summed E-state index contributed by atoms with van der Waals surface area (Å²) in [6.07, 6.45) is 5.08. The number of piperidine rings is 1. The Morgan fingerprint density at radius 1 is 1.07 bits per heavy atom. The van der Waals surface area contributed by atoms with Gasteiger partial charge >= 0.3 is 0 Å². The zero-order valence-electron chi connectivity index (χ0n) is 15.9. The third-order valence-corrected chi connectivity index (χ3v) is 5.46. The molecule has 0 saturated carbocycles. The first-order chi connectivity index (χ1) is 13.3. The number of aromatic amines is 1. The number of amides is 1. The van der Waals surface area contributed by atoms with Crippen molar-refractivity contribution in [2.45, 2.75) is 25.7 Å². The first kappa shape index (κ1) is 18.3. The van der Waals surface area contributed by atoms with Crippen molar-refractivity contribution in [3.05, 3.63) is 30.0 Å². The number of carbonyl (C=O) groups excluding carboxylic acids is 1. The summed E-state index contributed by atoms with van der Waals surface area (Å²) in [5.41, 5.74) is 1.58. The van der Waals surface area contributed by atoms with E-state index in [9.17, 15) is 4.79 Å². The molecule has 1 N–H and O–H groups in total. The van der Waals surface area contributed by atoms with E-state index in [-0.39, 0.29) is 5.91 Å². The molecule has 27 heavy (non-hydrogen) atoms. The summed E-state index contributed by atoms with van der Waals surface area (Å²) in [4.78, 5) is 20.2. The topological polar surface area (TPSA) is 57.8 Å². The fourth-order valence-corrected chi connectivity index (χ4v) is 3.91. The standard InChI is InChI=1S/C21H29N3O3/c25-21(24-10-13-26-14-11-24)20-15-17-5-6-18(16-19(17)22-20)27-12-4-9-23-7-2-1-3-8-23/h5-6,15-16,22H,1-4,7-14H2. The normalized spacial score (nSPS) is 18.7. The van der Waals surface area contributed by atoms with Crippen molar-refractivity contribution in [1.82, 2.24) is 14.8 Å². The quantitative estimate of drug-likeness (QED) is 0.794. The van der Waals surface area contributed by atoms with Crippen LogP contribution in [0.1, 0.15) is 36.2 Å². The van der Waals surface area contributed by atoms with Gasteiger partial charge in [-0.15, -0.1) is 0 Å². The molecule has 1 amide bonds. The van der Waals surface area contributed by atoms with Gasteiger partial charge in [0, 0.05) is 36.6 Å².